The average Bonchev–Trinajstić information content (AvgIpc) is 2.82. The number of nitrogens with one attached hydrogen (secondary N) is 1. The van der Waals surface area contributed by atoms with Gasteiger partial charge in [0, 0.05) is 6.42 Å². The van der Waals surface area contributed by atoms with Crippen LogP contribution in [0.15, 0.2) is 0 Å². The Morgan fingerprint density at radius 2 is 1.22 bits per heavy atom. The quantitative estimate of drug-likeness (QED) is 0.104. The molecule has 214 valence electrons. The van der Waals surface area contributed by atoms with Crippen molar-refractivity contribution in [3.05, 3.63) is 0 Å². The van der Waals surface area contributed by atoms with Crippen LogP contribution >= 0.6 is 12.4 Å². The van der Waals surface area contributed by atoms with E-state index in [0.29, 0.717) is 0 Å². The fourth-order valence-corrected chi connectivity index (χ4v) is 3.95. The number of aliphatic hydroxyl groups is 1. The number of primary amides is 1. The number of halogens is 1. The number of carbonyl (C=O) groups is 3. The second kappa shape index (κ2) is 25.3. The summed E-state index contributed by atoms with van der Waals surface area (Å²) in [6.07, 6.45) is 19.2. The molecule has 0 saturated heterocycles. The number of esters is 1. The first kappa shape index (κ1) is 36.8. The molecule has 6 N–H and O–H groups in total. The maximum Gasteiger partial charge on any atom is 0.328 e. The molecule has 0 saturated carbocycles. The van der Waals surface area contributed by atoms with E-state index in [2.05, 4.69) is 12.2 Å². The van der Waals surface area contributed by atoms with Crippen LogP contribution in [-0.4, -0.2) is 47.7 Å². The van der Waals surface area contributed by atoms with Crippen LogP contribution in [0, 0.1) is 0 Å². The molecule has 3 atom stereocenters. The Morgan fingerprint density at radius 3 is 1.61 bits per heavy atom. The number of amides is 2. The van der Waals surface area contributed by atoms with E-state index in [4.69, 9.17) is 16.2 Å². The molecular formula is C27H54ClN3O5. The molecule has 36 heavy (non-hydrogen) atoms. The molecule has 0 aromatic rings. The van der Waals surface area contributed by atoms with Crippen LogP contribution in [0.4, 0.5) is 0 Å². The first-order valence-electron chi connectivity index (χ1n) is 14.0. The summed E-state index contributed by atoms with van der Waals surface area (Å²) in [5.74, 6) is -1.86. The van der Waals surface area contributed by atoms with Gasteiger partial charge in [0.15, 0.2) is 0 Å². The van der Waals surface area contributed by atoms with Gasteiger partial charge in [-0.15, -0.1) is 12.4 Å². The van der Waals surface area contributed by atoms with Gasteiger partial charge < -0.3 is 26.6 Å². The molecule has 0 heterocycles. The van der Waals surface area contributed by atoms with E-state index in [0.717, 1.165) is 19.3 Å². The van der Waals surface area contributed by atoms with E-state index in [1.165, 1.54) is 90.4 Å². The lowest BCUT2D eigenvalue weighted by molar-refractivity contribution is -0.148. The maximum absolute atomic E-state index is 12.4. The van der Waals surface area contributed by atoms with Gasteiger partial charge in [-0.3, -0.25) is 9.59 Å². The minimum Gasteiger partial charge on any atom is -0.464 e. The fourth-order valence-electron chi connectivity index (χ4n) is 3.95. The maximum atomic E-state index is 12.4. The fraction of sp³-hybridized carbons (Fsp3) is 0.889. The molecule has 2 amide bonds. The third-order valence-electron chi connectivity index (χ3n) is 6.35. The smallest absolute Gasteiger partial charge is 0.328 e. The van der Waals surface area contributed by atoms with Crippen molar-refractivity contribution in [2.45, 2.75) is 148 Å². The topological polar surface area (TPSA) is 145 Å². The first-order valence-corrected chi connectivity index (χ1v) is 14.0. The molecule has 0 aromatic carbocycles. The van der Waals surface area contributed by atoms with E-state index in [1.54, 1.807) is 0 Å². The molecule has 0 rings (SSSR count). The minimum atomic E-state index is -1.17. The first-order chi connectivity index (χ1) is 16.8. The van der Waals surface area contributed by atoms with Crippen molar-refractivity contribution < 1.29 is 24.2 Å². The Hall–Kier alpha value is -1.38. The van der Waals surface area contributed by atoms with Crippen LogP contribution in [0.1, 0.15) is 129 Å². The summed E-state index contributed by atoms with van der Waals surface area (Å²) in [6.45, 7) is 3.91. The Kier molecular flexibility index (Phi) is 25.8. The second-order valence-corrected chi connectivity index (χ2v) is 9.80. The Labute approximate surface area is 225 Å². The number of nitrogens with two attached hydrogens (primary N) is 2. The molecule has 8 nitrogen and oxygen atoms in total. The summed E-state index contributed by atoms with van der Waals surface area (Å²) >= 11 is 0. The van der Waals surface area contributed by atoms with Gasteiger partial charge >= 0.3 is 5.97 Å². The SMILES string of the molecule is CCCCCCCCCCCCCCCCCCOC(=O)[C@@H](CCC(N)=O)NC(=O)[C@H](N)[C@H](C)O.Cl. The van der Waals surface area contributed by atoms with Gasteiger partial charge in [0.25, 0.3) is 0 Å². The largest absolute Gasteiger partial charge is 0.464 e. The zero-order valence-electron chi connectivity index (χ0n) is 22.8. The zero-order valence-corrected chi connectivity index (χ0v) is 23.6. The predicted octanol–water partition coefficient (Wildman–Crippen LogP) is 4.67. The summed E-state index contributed by atoms with van der Waals surface area (Å²) in [5, 5.41) is 11.9. The van der Waals surface area contributed by atoms with Gasteiger partial charge in [-0.05, 0) is 19.8 Å². The molecule has 0 radical (unpaired) electrons. The molecule has 0 aromatic heterocycles. The van der Waals surface area contributed by atoms with Gasteiger partial charge in [-0.2, -0.15) is 0 Å². The van der Waals surface area contributed by atoms with Crippen LogP contribution in [-0.2, 0) is 19.1 Å². The van der Waals surface area contributed by atoms with Crippen molar-refractivity contribution in [1.82, 2.24) is 5.32 Å². The van der Waals surface area contributed by atoms with Crippen molar-refractivity contribution in [2.24, 2.45) is 11.5 Å². The zero-order chi connectivity index (χ0) is 26.3. The minimum absolute atomic E-state index is 0. The highest BCUT2D eigenvalue weighted by Gasteiger charge is 2.27. The highest BCUT2D eigenvalue weighted by molar-refractivity contribution is 5.88. The Morgan fingerprint density at radius 1 is 0.806 bits per heavy atom. The van der Waals surface area contributed by atoms with E-state index in [-0.39, 0.29) is 31.9 Å². The Balaban J connectivity index is 0. The highest BCUT2D eigenvalue weighted by atomic mass is 35.5. The average molecular weight is 536 g/mol. The molecule has 0 spiro atoms. The number of hydrogen-bond acceptors (Lipinski definition) is 6. The van der Waals surface area contributed by atoms with Crippen LogP contribution < -0.4 is 16.8 Å². The molecule has 0 aliphatic rings. The van der Waals surface area contributed by atoms with E-state index in [9.17, 15) is 19.5 Å². The molecule has 0 aliphatic heterocycles. The number of aliphatic hydroxyl groups excluding tert-OH is 1. The van der Waals surface area contributed by atoms with Crippen molar-refractivity contribution in [3.8, 4) is 0 Å². The van der Waals surface area contributed by atoms with Gasteiger partial charge in [-0.25, -0.2) is 4.79 Å². The number of hydrogen-bond donors (Lipinski definition) is 4. The summed E-state index contributed by atoms with van der Waals surface area (Å²) in [6, 6.07) is -2.18. The van der Waals surface area contributed by atoms with Crippen molar-refractivity contribution in [3.63, 3.8) is 0 Å². The number of ether oxygens (including phenoxy) is 1. The molecule has 0 unspecified atom stereocenters. The van der Waals surface area contributed by atoms with Crippen molar-refractivity contribution in [1.29, 1.82) is 0 Å². The van der Waals surface area contributed by atoms with Crippen LogP contribution in [0.3, 0.4) is 0 Å². The van der Waals surface area contributed by atoms with Gasteiger partial charge in [0.05, 0.1) is 12.7 Å². The van der Waals surface area contributed by atoms with Crippen molar-refractivity contribution in [2.75, 3.05) is 6.61 Å². The highest BCUT2D eigenvalue weighted by Crippen LogP contribution is 2.14. The molecular weight excluding hydrogens is 482 g/mol. The second-order valence-electron chi connectivity index (χ2n) is 9.80. The van der Waals surface area contributed by atoms with Gasteiger partial charge in [0.1, 0.15) is 12.1 Å². The van der Waals surface area contributed by atoms with Crippen molar-refractivity contribution >= 4 is 30.2 Å². The summed E-state index contributed by atoms with van der Waals surface area (Å²) in [4.78, 5) is 35.5. The molecule has 0 bridgehead atoms. The third-order valence-corrected chi connectivity index (χ3v) is 6.35. The lowest BCUT2D eigenvalue weighted by atomic mass is 10.0. The lowest BCUT2D eigenvalue weighted by Gasteiger charge is -2.20. The lowest BCUT2D eigenvalue weighted by Crippen LogP contribution is -2.52. The molecule has 9 heteroatoms. The Bertz CT molecular complexity index is 564. The van der Waals surface area contributed by atoms with E-state index < -0.39 is 36.0 Å². The van der Waals surface area contributed by atoms with Crippen LogP contribution in [0.5, 0.6) is 0 Å². The molecule has 0 aliphatic carbocycles. The van der Waals surface area contributed by atoms with E-state index in [1.807, 2.05) is 0 Å². The normalized spacial score (nSPS) is 13.3. The van der Waals surface area contributed by atoms with Crippen LogP contribution in [0.25, 0.3) is 0 Å². The van der Waals surface area contributed by atoms with Gasteiger partial charge in [0.2, 0.25) is 11.8 Å². The van der Waals surface area contributed by atoms with Crippen LogP contribution in [0.2, 0.25) is 0 Å². The summed E-state index contributed by atoms with van der Waals surface area (Å²) in [7, 11) is 0. The summed E-state index contributed by atoms with van der Waals surface area (Å²) < 4.78 is 5.29. The summed E-state index contributed by atoms with van der Waals surface area (Å²) in [5.41, 5.74) is 10.8. The van der Waals surface area contributed by atoms with E-state index >= 15 is 0 Å². The third kappa shape index (κ3) is 21.9. The number of unbranched alkanes of at least 4 members (excludes halogenated alkanes) is 15. The monoisotopic (exact) mass is 535 g/mol. The standard InChI is InChI=1S/C27H53N3O5.ClH/c1-3-4-5-6-7-8-9-10-11-12-13-14-15-16-17-18-21-35-27(34)23(19-20-24(28)32)30-26(33)25(29)22(2)31;/h22-23,25,31H,3-21,29H2,1-2H3,(H2,28,32)(H,30,33);1H/t22-,23+,25+;/m0./s1. The number of carbonyl (C=O) groups excluding carboxylic acids is 3. The molecule has 0 fully saturated rings. The number of rotatable bonds is 24. The van der Waals surface area contributed by atoms with Gasteiger partial charge in [-0.1, -0.05) is 103 Å². The predicted molar refractivity (Wildman–Crippen MR) is 148 cm³/mol.